The van der Waals surface area contributed by atoms with Gasteiger partial charge in [-0.05, 0) is 24.3 Å². The van der Waals surface area contributed by atoms with Gasteiger partial charge >= 0.3 is 0 Å². The molecule has 150 valence electrons. The van der Waals surface area contributed by atoms with Gasteiger partial charge in [0.05, 0.1) is 11.9 Å². The van der Waals surface area contributed by atoms with Gasteiger partial charge in [-0.2, -0.15) is 0 Å². The van der Waals surface area contributed by atoms with Crippen LogP contribution in [0.2, 0.25) is 0 Å². The number of anilines is 2. The van der Waals surface area contributed by atoms with Crippen molar-refractivity contribution < 1.29 is 18.0 Å². The lowest BCUT2D eigenvalue weighted by atomic mass is 10.2. The normalized spacial score (nSPS) is 14.8. The van der Waals surface area contributed by atoms with Gasteiger partial charge in [-0.1, -0.05) is 0 Å². The summed E-state index contributed by atoms with van der Waals surface area (Å²) in [6, 6.07) is 7.17. The van der Waals surface area contributed by atoms with Crippen LogP contribution in [-0.4, -0.2) is 83.1 Å². The third kappa shape index (κ3) is 5.59. The summed E-state index contributed by atoms with van der Waals surface area (Å²) in [4.78, 5) is 29.2. The van der Waals surface area contributed by atoms with E-state index in [2.05, 4.69) is 0 Å². The van der Waals surface area contributed by atoms with E-state index >= 15 is 0 Å². The van der Waals surface area contributed by atoms with Crippen molar-refractivity contribution in [1.82, 2.24) is 9.80 Å². The Morgan fingerprint density at radius 3 is 1.89 bits per heavy atom. The van der Waals surface area contributed by atoms with Crippen molar-refractivity contribution in [2.45, 2.75) is 13.3 Å². The van der Waals surface area contributed by atoms with Gasteiger partial charge in [0.2, 0.25) is 21.8 Å². The van der Waals surface area contributed by atoms with Crippen molar-refractivity contribution in [2.75, 3.05) is 62.3 Å². The Kier molecular flexibility index (Phi) is 6.69. The number of nitrogens with zero attached hydrogens (tertiary/aromatic N) is 4. The Hall–Kier alpha value is -2.29. The first-order chi connectivity index (χ1) is 12.6. The molecule has 27 heavy (non-hydrogen) atoms. The van der Waals surface area contributed by atoms with E-state index in [-0.39, 0.29) is 24.8 Å². The summed E-state index contributed by atoms with van der Waals surface area (Å²) in [7, 11) is 0.320. The molecular formula is C18H28N4O4S. The molecule has 0 radical (unpaired) electrons. The second-order valence-electron chi connectivity index (χ2n) is 6.88. The van der Waals surface area contributed by atoms with Crippen LogP contribution in [0, 0.1) is 0 Å². The zero-order valence-corrected chi connectivity index (χ0v) is 17.2. The third-order valence-corrected chi connectivity index (χ3v) is 5.85. The molecule has 1 aliphatic heterocycles. The van der Waals surface area contributed by atoms with E-state index in [4.69, 9.17) is 0 Å². The van der Waals surface area contributed by atoms with Crippen LogP contribution >= 0.6 is 0 Å². The fraction of sp³-hybridized carbons (Fsp3) is 0.556. The molecule has 1 saturated heterocycles. The maximum Gasteiger partial charge on any atom is 0.232 e. The van der Waals surface area contributed by atoms with Crippen LogP contribution in [0.15, 0.2) is 24.3 Å². The van der Waals surface area contributed by atoms with Gasteiger partial charge in [0, 0.05) is 65.9 Å². The predicted octanol–water partition coefficient (Wildman–Crippen LogP) is 0.599. The van der Waals surface area contributed by atoms with E-state index in [0.717, 1.165) is 11.9 Å². The Morgan fingerprint density at radius 2 is 1.44 bits per heavy atom. The molecule has 9 heteroatoms. The number of sulfonamides is 1. The van der Waals surface area contributed by atoms with E-state index < -0.39 is 10.0 Å². The first kappa shape index (κ1) is 21.0. The van der Waals surface area contributed by atoms with Crippen LogP contribution in [0.4, 0.5) is 11.4 Å². The highest BCUT2D eigenvalue weighted by Crippen LogP contribution is 2.22. The van der Waals surface area contributed by atoms with Crippen LogP contribution in [0.5, 0.6) is 0 Å². The van der Waals surface area contributed by atoms with Crippen LogP contribution in [0.3, 0.4) is 0 Å². The summed E-state index contributed by atoms with van der Waals surface area (Å²) in [5, 5.41) is 0. The number of piperazine rings is 1. The maximum atomic E-state index is 12.5. The molecule has 1 fully saturated rings. The highest BCUT2D eigenvalue weighted by Gasteiger charge is 2.24. The Balaban J connectivity index is 2.01. The van der Waals surface area contributed by atoms with Gasteiger partial charge in [-0.3, -0.25) is 13.9 Å². The maximum absolute atomic E-state index is 12.5. The number of hydrogen-bond donors (Lipinski definition) is 0. The van der Waals surface area contributed by atoms with Crippen LogP contribution in [-0.2, 0) is 19.6 Å². The summed E-state index contributed by atoms with van der Waals surface area (Å²) in [5.41, 5.74) is 1.50. The number of carbonyl (C=O) groups excluding carboxylic acids is 2. The average Bonchev–Trinajstić information content (AvgIpc) is 2.61. The Bertz CT molecular complexity index is 769. The highest BCUT2D eigenvalue weighted by atomic mass is 32.2. The second kappa shape index (κ2) is 8.60. The molecule has 2 amide bonds. The van der Waals surface area contributed by atoms with Crippen molar-refractivity contribution in [3.05, 3.63) is 24.3 Å². The van der Waals surface area contributed by atoms with E-state index in [1.54, 1.807) is 21.9 Å². The van der Waals surface area contributed by atoms with E-state index in [9.17, 15) is 18.0 Å². The van der Waals surface area contributed by atoms with Crippen LogP contribution < -0.4 is 9.21 Å². The van der Waals surface area contributed by atoms with Gasteiger partial charge in [-0.15, -0.1) is 0 Å². The second-order valence-corrected chi connectivity index (χ2v) is 8.79. The quantitative estimate of drug-likeness (QED) is 0.703. The summed E-state index contributed by atoms with van der Waals surface area (Å²) in [5.74, 6) is -0.0942. The van der Waals surface area contributed by atoms with E-state index in [1.807, 2.05) is 31.1 Å². The monoisotopic (exact) mass is 396 g/mol. The predicted molar refractivity (Wildman–Crippen MR) is 106 cm³/mol. The van der Waals surface area contributed by atoms with Crippen molar-refractivity contribution in [1.29, 1.82) is 0 Å². The fourth-order valence-electron chi connectivity index (χ4n) is 3.03. The molecule has 1 aromatic carbocycles. The first-order valence-corrected chi connectivity index (χ1v) is 10.7. The molecule has 0 unspecified atom stereocenters. The van der Waals surface area contributed by atoms with Gasteiger partial charge < -0.3 is 14.7 Å². The van der Waals surface area contributed by atoms with E-state index in [0.29, 0.717) is 31.9 Å². The van der Waals surface area contributed by atoms with Crippen molar-refractivity contribution in [3.63, 3.8) is 0 Å². The number of hydrogen-bond acceptors (Lipinski definition) is 5. The number of amides is 2. The van der Waals surface area contributed by atoms with Crippen LogP contribution in [0.25, 0.3) is 0 Å². The molecule has 0 aromatic heterocycles. The summed E-state index contributed by atoms with van der Waals surface area (Å²) < 4.78 is 25.7. The molecule has 1 heterocycles. The molecule has 0 atom stereocenters. The van der Waals surface area contributed by atoms with Gasteiger partial charge in [0.15, 0.2) is 0 Å². The molecule has 1 aliphatic rings. The largest absolute Gasteiger partial charge is 0.378 e. The minimum absolute atomic E-state index is 0.00604. The smallest absolute Gasteiger partial charge is 0.232 e. The molecule has 0 N–H and O–H groups in total. The topological polar surface area (TPSA) is 81.2 Å². The number of benzene rings is 1. The SMILES string of the molecule is CC(=O)N1CCN(C(=O)CCN(c2ccc(N(C)C)cc2)S(C)(=O)=O)CC1. The van der Waals surface area contributed by atoms with Crippen LogP contribution in [0.1, 0.15) is 13.3 Å². The number of carbonyl (C=O) groups is 2. The zero-order chi connectivity index (χ0) is 20.2. The molecule has 8 nitrogen and oxygen atoms in total. The van der Waals surface area contributed by atoms with Gasteiger partial charge in [0.1, 0.15) is 0 Å². The Morgan fingerprint density at radius 1 is 0.963 bits per heavy atom. The zero-order valence-electron chi connectivity index (χ0n) is 16.4. The summed E-state index contributed by atoms with van der Waals surface area (Å²) in [6.07, 6.45) is 1.24. The minimum Gasteiger partial charge on any atom is -0.378 e. The molecule has 0 aliphatic carbocycles. The molecule has 2 rings (SSSR count). The highest BCUT2D eigenvalue weighted by molar-refractivity contribution is 7.92. The molecular weight excluding hydrogens is 368 g/mol. The summed E-state index contributed by atoms with van der Waals surface area (Å²) >= 11 is 0. The molecule has 0 spiro atoms. The lowest BCUT2D eigenvalue weighted by Gasteiger charge is -2.34. The minimum atomic E-state index is -3.50. The van der Waals surface area contributed by atoms with Gasteiger partial charge in [-0.25, -0.2) is 8.42 Å². The van der Waals surface area contributed by atoms with Crippen molar-refractivity contribution in [2.24, 2.45) is 0 Å². The summed E-state index contributed by atoms with van der Waals surface area (Å²) in [6.45, 7) is 3.60. The fourth-order valence-corrected chi connectivity index (χ4v) is 3.96. The standard InChI is InChI=1S/C18H28N4O4S/c1-15(23)20-11-13-21(14-12-20)18(24)9-10-22(27(4,25)26)17-7-5-16(6-8-17)19(2)3/h5-8H,9-14H2,1-4H3. The average molecular weight is 397 g/mol. The first-order valence-electron chi connectivity index (χ1n) is 8.88. The molecule has 0 bridgehead atoms. The molecule has 1 aromatic rings. The lowest BCUT2D eigenvalue weighted by molar-refractivity contribution is -0.138. The molecule has 0 saturated carbocycles. The Labute approximate surface area is 161 Å². The van der Waals surface area contributed by atoms with E-state index in [1.165, 1.54) is 11.2 Å². The van der Waals surface area contributed by atoms with Crippen molar-refractivity contribution in [3.8, 4) is 0 Å². The van der Waals surface area contributed by atoms with Gasteiger partial charge in [0.25, 0.3) is 0 Å². The third-order valence-electron chi connectivity index (χ3n) is 4.66. The number of rotatable bonds is 6. The van der Waals surface area contributed by atoms with Crippen molar-refractivity contribution >= 4 is 33.2 Å². The lowest BCUT2D eigenvalue weighted by Crippen LogP contribution is -2.50.